The molecule has 0 bridgehead atoms. The van der Waals surface area contributed by atoms with Gasteiger partial charge in [-0.3, -0.25) is 4.90 Å². The van der Waals surface area contributed by atoms with Crippen molar-refractivity contribution < 1.29 is 23.9 Å². The summed E-state index contributed by atoms with van der Waals surface area (Å²) < 4.78 is 10.4. The van der Waals surface area contributed by atoms with Gasteiger partial charge >= 0.3 is 18.0 Å². The lowest BCUT2D eigenvalue weighted by atomic mass is 9.94. The molecule has 2 aromatic rings. The smallest absolute Gasteiger partial charge is 0.338 e. The Hall–Kier alpha value is -3.85. The lowest BCUT2D eigenvalue weighted by Crippen LogP contribution is -2.48. The Morgan fingerprint density at radius 1 is 1.03 bits per heavy atom. The molecule has 0 aliphatic carbocycles. The molecule has 1 aliphatic heterocycles. The third-order valence-electron chi connectivity index (χ3n) is 5.29. The number of benzene rings is 2. The minimum Gasteiger partial charge on any atom is -0.460 e. The monoisotopic (exact) mass is 466 g/mol. The predicted octanol–water partition coefficient (Wildman–Crippen LogP) is 4.27. The van der Waals surface area contributed by atoms with E-state index in [1.807, 2.05) is 25.1 Å². The number of hydrogen-bond donors (Lipinski definition) is 3. The summed E-state index contributed by atoms with van der Waals surface area (Å²) in [5, 5.41) is 8.45. The number of methoxy groups -OCH3 is 1. The van der Waals surface area contributed by atoms with E-state index in [1.165, 1.54) is 7.11 Å². The molecule has 0 radical (unpaired) electrons. The summed E-state index contributed by atoms with van der Waals surface area (Å²) in [6.07, 6.45) is 0.733. The van der Waals surface area contributed by atoms with Crippen molar-refractivity contribution >= 4 is 29.4 Å². The maximum Gasteiger partial charge on any atom is 0.338 e. The first-order valence-electron chi connectivity index (χ1n) is 11.1. The second-order valence-corrected chi connectivity index (χ2v) is 7.73. The molecule has 3 N–H and O–H groups in total. The summed E-state index contributed by atoms with van der Waals surface area (Å²) in [6, 6.07) is 14.6. The van der Waals surface area contributed by atoms with Crippen molar-refractivity contribution in [3.63, 3.8) is 0 Å². The summed E-state index contributed by atoms with van der Waals surface area (Å²) >= 11 is 0. The Morgan fingerprint density at radius 3 is 2.44 bits per heavy atom. The Bertz CT molecular complexity index is 1050. The molecule has 0 fully saturated rings. The minimum atomic E-state index is -0.727. The number of anilines is 2. The minimum absolute atomic E-state index is 0.0990. The quantitative estimate of drug-likeness (QED) is 0.378. The molecule has 0 saturated carbocycles. The number of para-hydroxylation sites is 1. The Kier molecular flexibility index (Phi) is 8.64. The van der Waals surface area contributed by atoms with Gasteiger partial charge in [-0.05, 0) is 43.2 Å². The van der Waals surface area contributed by atoms with Crippen LogP contribution in [0.2, 0.25) is 0 Å². The summed E-state index contributed by atoms with van der Waals surface area (Å²) in [4.78, 5) is 39.8. The van der Waals surface area contributed by atoms with Crippen molar-refractivity contribution in [1.82, 2.24) is 10.2 Å². The van der Waals surface area contributed by atoms with E-state index in [0.29, 0.717) is 34.8 Å². The number of esters is 1. The third-order valence-corrected chi connectivity index (χ3v) is 5.29. The first-order valence-corrected chi connectivity index (χ1v) is 11.1. The van der Waals surface area contributed by atoms with Crippen molar-refractivity contribution in [3.05, 3.63) is 71.4 Å². The van der Waals surface area contributed by atoms with Gasteiger partial charge in [0, 0.05) is 30.7 Å². The molecule has 2 aromatic carbocycles. The standard InChI is InChI=1S/C25H30N4O5/c1-4-13-29-17(2)21(23(30)34-15-14-33-3)22(28-25(29)32)18-9-8-12-20(16-18)27-24(31)26-19-10-6-5-7-11-19/h5-12,16,22H,4,13-15H2,1-3H3,(H,28,32)(H2,26,27,31). The Balaban J connectivity index is 1.86. The summed E-state index contributed by atoms with van der Waals surface area (Å²) in [6.45, 7) is 4.54. The van der Waals surface area contributed by atoms with Gasteiger partial charge in [0.2, 0.25) is 0 Å². The molecule has 1 unspecified atom stereocenters. The Morgan fingerprint density at radius 2 is 1.74 bits per heavy atom. The number of rotatable bonds is 9. The van der Waals surface area contributed by atoms with E-state index < -0.39 is 18.0 Å². The van der Waals surface area contributed by atoms with Crippen LogP contribution in [0.5, 0.6) is 0 Å². The van der Waals surface area contributed by atoms with Crippen LogP contribution in [0, 0.1) is 0 Å². The van der Waals surface area contributed by atoms with Crippen LogP contribution >= 0.6 is 0 Å². The molecule has 3 rings (SSSR count). The van der Waals surface area contributed by atoms with Crippen LogP contribution in [0.25, 0.3) is 0 Å². The fourth-order valence-electron chi connectivity index (χ4n) is 3.69. The van der Waals surface area contributed by atoms with Crippen LogP contribution in [0.3, 0.4) is 0 Å². The molecule has 0 spiro atoms. The highest BCUT2D eigenvalue weighted by Gasteiger charge is 2.36. The molecule has 34 heavy (non-hydrogen) atoms. The predicted molar refractivity (Wildman–Crippen MR) is 129 cm³/mol. The van der Waals surface area contributed by atoms with Gasteiger partial charge < -0.3 is 25.4 Å². The fourth-order valence-corrected chi connectivity index (χ4v) is 3.69. The second kappa shape index (κ2) is 11.9. The van der Waals surface area contributed by atoms with Gasteiger partial charge in [0.15, 0.2) is 0 Å². The van der Waals surface area contributed by atoms with E-state index in [4.69, 9.17) is 9.47 Å². The number of nitrogens with one attached hydrogen (secondary N) is 3. The molecule has 9 nitrogen and oxygen atoms in total. The fraction of sp³-hybridized carbons (Fsp3) is 0.320. The molecule has 1 aliphatic rings. The maximum atomic E-state index is 13.0. The molecule has 9 heteroatoms. The van der Waals surface area contributed by atoms with Crippen molar-refractivity contribution in [2.45, 2.75) is 26.3 Å². The van der Waals surface area contributed by atoms with E-state index in [2.05, 4.69) is 16.0 Å². The second-order valence-electron chi connectivity index (χ2n) is 7.73. The SMILES string of the molecule is CCCN1C(=O)NC(c2cccc(NC(=O)Nc3ccccc3)c2)C(C(=O)OCCOC)=C1C. The largest absolute Gasteiger partial charge is 0.460 e. The van der Waals surface area contributed by atoms with E-state index in [0.717, 1.165) is 6.42 Å². The number of amides is 4. The normalized spacial score (nSPS) is 15.6. The summed E-state index contributed by atoms with van der Waals surface area (Å²) in [7, 11) is 1.53. The zero-order valence-electron chi connectivity index (χ0n) is 19.6. The number of carbonyl (C=O) groups is 3. The number of ether oxygens (including phenoxy) is 2. The van der Waals surface area contributed by atoms with Gasteiger partial charge in [-0.2, -0.15) is 0 Å². The van der Waals surface area contributed by atoms with Crippen LogP contribution < -0.4 is 16.0 Å². The van der Waals surface area contributed by atoms with E-state index >= 15 is 0 Å². The number of carbonyl (C=O) groups excluding carboxylic acids is 3. The first-order chi connectivity index (χ1) is 16.4. The number of hydrogen-bond acceptors (Lipinski definition) is 5. The lowest BCUT2D eigenvalue weighted by Gasteiger charge is -2.35. The molecule has 4 amide bonds. The van der Waals surface area contributed by atoms with Crippen molar-refractivity contribution in [2.75, 3.05) is 37.5 Å². The van der Waals surface area contributed by atoms with Gasteiger partial charge in [-0.25, -0.2) is 14.4 Å². The zero-order chi connectivity index (χ0) is 24.5. The highest BCUT2D eigenvalue weighted by molar-refractivity contribution is 6.00. The van der Waals surface area contributed by atoms with Crippen molar-refractivity contribution in [2.24, 2.45) is 0 Å². The van der Waals surface area contributed by atoms with Crippen LogP contribution in [0.4, 0.5) is 21.0 Å². The first kappa shape index (κ1) is 24.8. The van der Waals surface area contributed by atoms with Gasteiger partial charge in [0.25, 0.3) is 0 Å². The van der Waals surface area contributed by atoms with Crippen molar-refractivity contribution in [1.29, 1.82) is 0 Å². The molecule has 180 valence electrons. The van der Waals surface area contributed by atoms with Gasteiger partial charge in [0.1, 0.15) is 6.61 Å². The maximum absolute atomic E-state index is 13.0. The molecular formula is C25H30N4O5. The van der Waals surface area contributed by atoms with E-state index in [1.54, 1.807) is 48.2 Å². The number of allylic oxidation sites excluding steroid dienone is 1. The molecule has 1 heterocycles. The van der Waals surface area contributed by atoms with Crippen molar-refractivity contribution in [3.8, 4) is 0 Å². The lowest BCUT2D eigenvalue weighted by molar-refractivity contribution is -0.140. The van der Waals surface area contributed by atoms with E-state index in [-0.39, 0.29) is 19.2 Å². The van der Waals surface area contributed by atoms with Gasteiger partial charge in [0.05, 0.1) is 18.2 Å². The number of urea groups is 2. The van der Waals surface area contributed by atoms with Crippen LogP contribution in [-0.4, -0.2) is 49.8 Å². The highest BCUT2D eigenvalue weighted by Crippen LogP contribution is 2.32. The van der Waals surface area contributed by atoms with Crippen LogP contribution in [0.15, 0.2) is 65.9 Å². The Labute approximate surface area is 199 Å². The van der Waals surface area contributed by atoms with Gasteiger partial charge in [-0.1, -0.05) is 37.3 Å². The third kappa shape index (κ3) is 6.14. The zero-order valence-corrected chi connectivity index (χ0v) is 19.6. The average molecular weight is 467 g/mol. The summed E-state index contributed by atoms with van der Waals surface area (Å²) in [5.41, 5.74) is 2.69. The molecule has 0 saturated heterocycles. The summed E-state index contributed by atoms with van der Waals surface area (Å²) in [5.74, 6) is -0.527. The van der Waals surface area contributed by atoms with Crippen LogP contribution in [0.1, 0.15) is 31.9 Å². The van der Waals surface area contributed by atoms with E-state index in [9.17, 15) is 14.4 Å². The topological polar surface area (TPSA) is 109 Å². The van der Waals surface area contributed by atoms with Crippen LogP contribution in [-0.2, 0) is 14.3 Å². The molecular weight excluding hydrogens is 436 g/mol. The number of nitrogens with zero attached hydrogens (tertiary/aromatic N) is 1. The molecule has 1 atom stereocenters. The van der Waals surface area contributed by atoms with Gasteiger partial charge in [-0.15, -0.1) is 0 Å². The average Bonchev–Trinajstić information content (AvgIpc) is 2.82. The molecule has 0 aromatic heterocycles. The highest BCUT2D eigenvalue weighted by atomic mass is 16.6.